The standard InChI is InChI=1S/C23H26N4O3S2/c1-16-12-17(2)25-23(20(16)14-24)31-15-22(28)27-11-8-18-13-19(6-7-21(18)27)32(29,30)26-9-4-3-5-10-26/h6-7,12-13H,3-5,8-11,15H2,1-2H3. The van der Waals surface area contributed by atoms with E-state index >= 15 is 0 Å². The van der Waals surface area contributed by atoms with E-state index < -0.39 is 10.0 Å². The number of hydrogen-bond acceptors (Lipinski definition) is 6. The summed E-state index contributed by atoms with van der Waals surface area (Å²) in [6, 6.07) is 9.12. The molecule has 3 heterocycles. The van der Waals surface area contributed by atoms with Gasteiger partial charge in [0.05, 0.1) is 16.2 Å². The number of sulfonamides is 1. The first-order valence-corrected chi connectivity index (χ1v) is 13.2. The van der Waals surface area contributed by atoms with Crippen LogP contribution in [0, 0.1) is 25.2 Å². The van der Waals surface area contributed by atoms with Crippen molar-refractivity contribution in [2.24, 2.45) is 0 Å². The van der Waals surface area contributed by atoms with Gasteiger partial charge in [0.1, 0.15) is 11.1 Å². The molecule has 0 unspecified atom stereocenters. The lowest BCUT2D eigenvalue weighted by Crippen LogP contribution is -2.35. The van der Waals surface area contributed by atoms with Crippen LogP contribution < -0.4 is 4.90 Å². The molecule has 1 amide bonds. The van der Waals surface area contributed by atoms with Gasteiger partial charge in [-0.05, 0) is 68.5 Å². The maximum absolute atomic E-state index is 13.0. The van der Waals surface area contributed by atoms with Crippen molar-refractivity contribution in [1.29, 1.82) is 5.26 Å². The number of aryl methyl sites for hydroxylation is 2. The monoisotopic (exact) mass is 470 g/mol. The number of thioether (sulfide) groups is 1. The minimum atomic E-state index is -3.50. The first-order chi connectivity index (χ1) is 15.3. The van der Waals surface area contributed by atoms with Crippen LogP contribution in [0.15, 0.2) is 34.2 Å². The second kappa shape index (κ2) is 9.22. The molecule has 9 heteroatoms. The van der Waals surface area contributed by atoms with Crippen molar-refractivity contribution in [1.82, 2.24) is 9.29 Å². The Hall–Kier alpha value is -2.41. The fourth-order valence-electron chi connectivity index (χ4n) is 4.30. The molecule has 2 aliphatic rings. The molecule has 168 valence electrons. The molecule has 1 aromatic carbocycles. The molecule has 0 aliphatic carbocycles. The molecule has 1 saturated heterocycles. The van der Waals surface area contributed by atoms with E-state index in [4.69, 9.17) is 0 Å². The normalized spacial score (nSPS) is 16.6. The molecule has 2 aliphatic heterocycles. The van der Waals surface area contributed by atoms with Crippen LogP contribution in [0.4, 0.5) is 5.69 Å². The Balaban J connectivity index is 1.49. The highest BCUT2D eigenvalue weighted by molar-refractivity contribution is 8.00. The van der Waals surface area contributed by atoms with Crippen LogP contribution in [-0.4, -0.2) is 49.0 Å². The summed E-state index contributed by atoms with van der Waals surface area (Å²) >= 11 is 1.27. The summed E-state index contributed by atoms with van der Waals surface area (Å²) in [5.74, 6) is 0.0860. The molecule has 0 radical (unpaired) electrons. The minimum Gasteiger partial charge on any atom is -0.311 e. The number of amides is 1. The van der Waals surface area contributed by atoms with Crippen LogP contribution in [0.1, 0.15) is 41.6 Å². The molecule has 0 atom stereocenters. The number of rotatable bonds is 5. The van der Waals surface area contributed by atoms with Gasteiger partial charge in [0.15, 0.2) is 0 Å². The summed E-state index contributed by atoms with van der Waals surface area (Å²) in [7, 11) is -3.50. The number of fused-ring (bicyclic) bond motifs is 1. The largest absolute Gasteiger partial charge is 0.311 e. The molecule has 32 heavy (non-hydrogen) atoms. The quantitative estimate of drug-likeness (QED) is 0.622. The third-order valence-corrected chi connectivity index (χ3v) is 8.81. The van der Waals surface area contributed by atoms with Crippen molar-refractivity contribution >= 4 is 33.4 Å². The molecule has 0 spiro atoms. The summed E-state index contributed by atoms with van der Waals surface area (Å²) < 4.78 is 27.5. The van der Waals surface area contributed by atoms with Gasteiger partial charge in [-0.25, -0.2) is 13.4 Å². The summed E-state index contributed by atoms with van der Waals surface area (Å²) in [5, 5.41) is 10.0. The Morgan fingerprint density at radius 1 is 1.16 bits per heavy atom. The summed E-state index contributed by atoms with van der Waals surface area (Å²) in [4.78, 5) is 19.4. The molecule has 4 rings (SSSR count). The van der Waals surface area contributed by atoms with Gasteiger partial charge < -0.3 is 4.90 Å². The van der Waals surface area contributed by atoms with Crippen LogP contribution >= 0.6 is 11.8 Å². The average molecular weight is 471 g/mol. The van der Waals surface area contributed by atoms with Gasteiger partial charge >= 0.3 is 0 Å². The fourth-order valence-corrected chi connectivity index (χ4v) is 6.85. The SMILES string of the molecule is Cc1cc(C)c(C#N)c(SCC(=O)N2CCc3cc(S(=O)(=O)N4CCCCC4)ccc32)n1. The topological polar surface area (TPSA) is 94.4 Å². The van der Waals surface area contributed by atoms with Crippen LogP contribution in [-0.2, 0) is 21.2 Å². The molecular weight excluding hydrogens is 444 g/mol. The Bertz CT molecular complexity index is 1200. The van der Waals surface area contributed by atoms with E-state index in [1.54, 1.807) is 27.4 Å². The van der Waals surface area contributed by atoms with E-state index in [0.717, 1.165) is 41.8 Å². The average Bonchev–Trinajstić information content (AvgIpc) is 3.21. The van der Waals surface area contributed by atoms with Gasteiger partial charge in [0.25, 0.3) is 0 Å². The zero-order chi connectivity index (χ0) is 22.9. The molecule has 1 fully saturated rings. The number of carbonyl (C=O) groups is 1. The Labute approximate surface area is 193 Å². The first-order valence-electron chi connectivity index (χ1n) is 10.8. The van der Waals surface area contributed by atoms with Gasteiger partial charge in [-0.3, -0.25) is 4.79 Å². The molecular formula is C23H26N4O3S2. The van der Waals surface area contributed by atoms with Gasteiger partial charge in [-0.1, -0.05) is 18.2 Å². The number of benzene rings is 1. The predicted molar refractivity (Wildman–Crippen MR) is 124 cm³/mol. The summed E-state index contributed by atoms with van der Waals surface area (Å²) in [6.45, 7) is 5.39. The van der Waals surface area contributed by atoms with Crippen molar-refractivity contribution < 1.29 is 13.2 Å². The van der Waals surface area contributed by atoms with Gasteiger partial charge in [0, 0.05) is 31.0 Å². The molecule has 0 bridgehead atoms. The van der Waals surface area contributed by atoms with Crippen LogP contribution in [0.5, 0.6) is 0 Å². The number of carbonyl (C=O) groups excluding carboxylic acids is 1. The van der Waals surface area contributed by atoms with Crippen LogP contribution in [0.25, 0.3) is 0 Å². The summed E-state index contributed by atoms with van der Waals surface area (Å²) in [6.07, 6.45) is 3.49. The number of anilines is 1. The van der Waals surface area contributed by atoms with E-state index in [1.165, 1.54) is 11.8 Å². The van der Waals surface area contributed by atoms with Crippen molar-refractivity contribution in [2.75, 3.05) is 30.3 Å². The molecule has 0 saturated carbocycles. The zero-order valence-corrected chi connectivity index (χ0v) is 19.9. The maximum Gasteiger partial charge on any atom is 0.243 e. The van der Waals surface area contributed by atoms with E-state index in [2.05, 4.69) is 11.1 Å². The summed E-state index contributed by atoms with van der Waals surface area (Å²) in [5.41, 5.74) is 3.81. The van der Waals surface area contributed by atoms with E-state index in [9.17, 15) is 18.5 Å². The second-order valence-corrected chi connectivity index (χ2v) is 11.1. The number of nitrogens with zero attached hydrogens (tertiary/aromatic N) is 4. The smallest absolute Gasteiger partial charge is 0.243 e. The van der Waals surface area contributed by atoms with Crippen molar-refractivity contribution in [2.45, 2.75) is 49.5 Å². The maximum atomic E-state index is 13.0. The fraction of sp³-hybridized carbons (Fsp3) is 0.435. The molecule has 7 nitrogen and oxygen atoms in total. The number of nitriles is 1. The molecule has 1 aromatic heterocycles. The highest BCUT2D eigenvalue weighted by Crippen LogP contribution is 2.33. The van der Waals surface area contributed by atoms with Crippen molar-refractivity contribution in [3.63, 3.8) is 0 Å². The van der Waals surface area contributed by atoms with Crippen molar-refractivity contribution in [3.05, 3.63) is 46.6 Å². The lowest BCUT2D eigenvalue weighted by atomic mass is 10.1. The first kappa shape index (κ1) is 22.8. The third kappa shape index (κ3) is 4.40. The number of hydrogen-bond donors (Lipinski definition) is 0. The van der Waals surface area contributed by atoms with E-state index in [0.29, 0.717) is 41.5 Å². The van der Waals surface area contributed by atoms with Crippen LogP contribution in [0.2, 0.25) is 0 Å². The van der Waals surface area contributed by atoms with Gasteiger partial charge in [-0.2, -0.15) is 9.57 Å². The Morgan fingerprint density at radius 2 is 1.91 bits per heavy atom. The Morgan fingerprint density at radius 3 is 2.62 bits per heavy atom. The van der Waals surface area contributed by atoms with E-state index in [-0.39, 0.29) is 11.7 Å². The zero-order valence-electron chi connectivity index (χ0n) is 18.3. The second-order valence-electron chi connectivity index (χ2n) is 8.21. The number of pyridine rings is 1. The number of aromatic nitrogens is 1. The lowest BCUT2D eigenvalue weighted by Gasteiger charge is -2.26. The highest BCUT2D eigenvalue weighted by Gasteiger charge is 2.30. The Kier molecular flexibility index (Phi) is 6.56. The lowest BCUT2D eigenvalue weighted by molar-refractivity contribution is -0.116. The molecule has 2 aromatic rings. The number of piperidine rings is 1. The third-order valence-electron chi connectivity index (χ3n) is 5.96. The van der Waals surface area contributed by atoms with E-state index in [1.807, 2.05) is 19.9 Å². The minimum absolute atomic E-state index is 0.0785. The van der Waals surface area contributed by atoms with Gasteiger partial charge in [0.2, 0.25) is 15.9 Å². The molecule has 0 N–H and O–H groups in total. The van der Waals surface area contributed by atoms with Gasteiger partial charge in [-0.15, -0.1) is 0 Å². The van der Waals surface area contributed by atoms with Crippen LogP contribution in [0.3, 0.4) is 0 Å². The highest BCUT2D eigenvalue weighted by atomic mass is 32.2. The predicted octanol–water partition coefficient (Wildman–Crippen LogP) is 3.43. The van der Waals surface area contributed by atoms with Crippen molar-refractivity contribution in [3.8, 4) is 6.07 Å².